The Morgan fingerprint density at radius 2 is 1.92 bits per heavy atom. The van der Waals surface area contributed by atoms with Crippen LogP contribution in [0.2, 0.25) is 5.02 Å². The van der Waals surface area contributed by atoms with Crippen LogP contribution >= 0.6 is 11.6 Å². The maximum absolute atomic E-state index is 13.1. The van der Waals surface area contributed by atoms with Crippen LogP contribution in [0.25, 0.3) is 22.1 Å². The van der Waals surface area contributed by atoms with Crippen LogP contribution in [0.3, 0.4) is 0 Å². The minimum Gasteiger partial charge on any atom is -0.383 e. The number of anilines is 1. The molecule has 2 saturated carbocycles. The van der Waals surface area contributed by atoms with Crippen molar-refractivity contribution >= 4 is 39.5 Å². The van der Waals surface area contributed by atoms with Crippen molar-refractivity contribution in [3.63, 3.8) is 0 Å². The standard InChI is InChI=1S/C27H31ClF3N7/c28-21-11-23-22(10-20(21)27(29,30)31)36-24(37-23)4-3-15-8-18(9-15)33-12-16-1-2-17(7-16)13-38-6-5-19-25(32)34-14-35-26(19)38/h5-6,10-11,14-18,33H,1-4,7-9,12-13H2,(H,36,37)(H2,32,34,35)/t15?,16-,17+,18?/m1/s1. The molecule has 11 heteroatoms. The van der Waals surface area contributed by atoms with Gasteiger partial charge in [-0.1, -0.05) is 11.6 Å². The number of aromatic amines is 1. The summed E-state index contributed by atoms with van der Waals surface area (Å²) in [5, 5.41) is 4.37. The van der Waals surface area contributed by atoms with E-state index in [1.807, 2.05) is 6.07 Å². The summed E-state index contributed by atoms with van der Waals surface area (Å²) in [4.78, 5) is 16.0. The minimum atomic E-state index is -4.48. The first kappa shape index (κ1) is 25.4. The third kappa shape index (κ3) is 5.20. The number of hydrogen-bond donors (Lipinski definition) is 3. The first-order chi connectivity index (χ1) is 18.2. The van der Waals surface area contributed by atoms with E-state index in [4.69, 9.17) is 17.3 Å². The summed E-state index contributed by atoms with van der Waals surface area (Å²) in [5.41, 5.74) is 6.90. The van der Waals surface area contributed by atoms with E-state index in [-0.39, 0.29) is 5.02 Å². The van der Waals surface area contributed by atoms with Crippen molar-refractivity contribution in [2.75, 3.05) is 12.3 Å². The average Bonchev–Trinajstić information content (AvgIpc) is 3.56. The summed E-state index contributed by atoms with van der Waals surface area (Å²) in [6.45, 7) is 2.02. The van der Waals surface area contributed by atoms with Gasteiger partial charge in [-0.2, -0.15) is 13.2 Å². The van der Waals surface area contributed by atoms with Crippen molar-refractivity contribution in [1.82, 2.24) is 29.8 Å². The van der Waals surface area contributed by atoms with E-state index in [1.54, 1.807) is 0 Å². The molecule has 4 aromatic rings. The molecule has 0 aliphatic heterocycles. The number of alkyl halides is 3. The van der Waals surface area contributed by atoms with Crippen molar-refractivity contribution in [2.45, 2.75) is 63.7 Å². The molecule has 3 heterocycles. The van der Waals surface area contributed by atoms with Crippen LogP contribution in [-0.2, 0) is 19.1 Å². The molecule has 2 aliphatic rings. The molecule has 3 aromatic heterocycles. The molecule has 6 rings (SSSR count). The zero-order chi connectivity index (χ0) is 26.4. The lowest BCUT2D eigenvalue weighted by molar-refractivity contribution is -0.137. The number of fused-ring (bicyclic) bond motifs is 2. The normalized spacial score (nSPS) is 23.9. The molecule has 0 unspecified atom stereocenters. The van der Waals surface area contributed by atoms with Crippen LogP contribution in [0.15, 0.2) is 30.7 Å². The number of nitrogens with two attached hydrogens (primary N) is 1. The van der Waals surface area contributed by atoms with Gasteiger partial charge < -0.3 is 20.6 Å². The van der Waals surface area contributed by atoms with Crippen LogP contribution in [-0.4, -0.2) is 37.1 Å². The van der Waals surface area contributed by atoms with E-state index in [0.29, 0.717) is 46.5 Å². The summed E-state index contributed by atoms with van der Waals surface area (Å²) in [5.74, 6) is 3.21. The largest absolute Gasteiger partial charge is 0.417 e. The van der Waals surface area contributed by atoms with Gasteiger partial charge in [-0.3, -0.25) is 0 Å². The lowest BCUT2D eigenvalue weighted by atomic mass is 9.77. The predicted molar refractivity (Wildman–Crippen MR) is 142 cm³/mol. The summed E-state index contributed by atoms with van der Waals surface area (Å²) in [6.07, 6.45) is 6.78. The highest BCUT2D eigenvalue weighted by Gasteiger charge is 2.34. The van der Waals surface area contributed by atoms with Gasteiger partial charge in [0.1, 0.15) is 23.6 Å². The van der Waals surface area contributed by atoms with E-state index >= 15 is 0 Å². The summed E-state index contributed by atoms with van der Waals surface area (Å²) in [6, 6.07) is 4.90. The summed E-state index contributed by atoms with van der Waals surface area (Å²) >= 11 is 5.82. The Bertz CT molecular complexity index is 1440. The number of aryl methyl sites for hydroxylation is 1. The van der Waals surface area contributed by atoms with Crippen LogP contribution in [0, 0.1) is 17.8 Å². The molecule has 0 amide bonds. The molecule has 0 radical (unpaired) electrons. The fraction of sp³-hybridized carbons (Fsp3) is 0.519. The summed E-state index contributed by atoms with van der Waals surface area (Å²) in [7, 11) is 0. The number of rotatable bonds is 8. The van der Waals surface area contributed by atoms with E-state index in [1.165, 1.54) is 31.7 Å². The quantitative estimate of drug-likeness (QED) is 0.253. The average molecular weight is 546 g/mol. The fourth-order valence-electron chi connectivity index (χ4n) is 6.21. The van der Waals surface area contributed by atoms with Crippen LogP contribution in [0.5, 0.6) is 0 Å². The Kier molecular flexibility index (Phi) is 6.72. The number of aromatic nitrogens is 5. The Morgan fingerprint density at radius 1 is 1.11 bits per heavy atom. The Hall–Kier alpha value is -2.85. The molecule has 7 nitrogen and oxygen atoms in total. The maximum Gasteiger partial charge on any atom is 0.417 e. The first-order valence-corrected chi connectivity index (χ1v) is 13.6. The van der Waals surface area contributed by atoms with E-state index in [2.05, 4.69) is 36.0 Å². The predicted octanol–water partition coefficient (Wildman–Crippen LogP) is 5.98. The molecule has 4 N–H and O–H groups in total. The number of H-pyrrole nitrogens is 1. The van der Waals surface area contributed by atoms with Crippen molar-refractivity contribution in [3.05, 3.63) is 47.1 Å². The highest BCUT2D eigenvalue weighted by atomic mass is 35.5. The van der Waals surface area contributed by atoms with Crippen molar-refractivity contribution in [1.29, 1.82) is 0 Å². The molecule has 38 heavy (non-hydrogen) atoms. The molecule has 2 fully saturated rings. The molecule has 1 aromatic carbocycles. The van der Waals surface area contributed by atoms with Gasteiger partial charge in [0, 0.05) is 25.2 Å². The number of imidazole rings is 1. The highest BCUT2D eigenvalue weighted by molar-refractivity contribution is 6.32. The molecule has 0 saturated heterocycles. The number of hydrogen-bond acceptors (Lipinski definition) is 5. The van der Waals surface area contributed by atoms with Crippen molar-refractivity contribution in [3.8, 4) is 0 Å². The Balaban J connectivity index is 0.927. The highest BCUT2D eigenvalue weighted by Crippen LogP contribution is 2.38. The molecule has 0 spiro atoms. The van der Waals surface area contributed by atoms with Gasteiger partial charge in [-0.15, -0.1) is 0 Å². The van der Waals surface area contributed by atoms with Gasteiger partial charge in [0.2, 0.25) is 0 Å². The number of nitrogens with one attached hydrogen (secondary N) is 2. The molecule has 2 aliphatic carbocycles. The van der Waals surface area contributed by atoms with Gasteiger partial charge in [-0.05, 0) is 81.0 Å². The molecule has 0 bridgehead atoms. The second-order valence-corrected chi connectivity index (χ2v) is 11.4. The molecule has 2 atom stereocenters. The lowest BCUT2D eigenvalue weighted by Crippen LogP contribution is -2.43. The van der Waals surface area contributed by atoms with Gasteiger partial charge in [0.15, 0.2) is 0 Å². The van der Waals surface area contributed by atoms with E-state index in [0.717, 1.165) is 55.9 Å². The first-order valence-electron chi connectivity index (χ1n) is 13.3. The monoisotopic (exact) mass is 545 g/mol. The Morgan fingerprint density at radius 3 is 2.74 bits per heavy atom. The van der Waals surface area contributed by atoms with Crippen LogP contribution in [0.1, 0.15) is 49.9 Å². The van der Waals surface area contributed by atoms with E-state index < -0.39 is 11.7 Å². The number of nitrogen functional groups attached to an aromatic ring is 1. The second-order valence-electron chi connectivity index (χ2n) is 11.0. The fourth-order valence-corrected chi connectivity index (χ4v) is 6.48. The lowest BCUT2D eigenvalue weighted by Gasteiger charge is -2.36. The number of halogens is 4. The van der Waals surface area contributed by atoms with Gasteiger partial charge in [-0.25, -0.2) is 15.0 Å². The SMILES string of the molecule is Nc1ncnc2c1ccn2C[C@H]1CC[C@@H](CNC2CC(CCc3nc4cc(Cl)c(C(F)(F)F)cc4[nH]3)C2)C1. The van der Waals surface area contributed by atoms with Crippen LogP contribution < -0.4 is 11.1 Å². The maximum atomic E-state index is 13.1. The molecular weight excluding hydrogens is 515 g/mol. The zero-order valence-electron chi connectivity index (χ0n) is 20.9. The minimum absolute atomic E-state index is 0.317. The van der Waals surface area contributed by atoms with Gasteiger partial charge in [0.05, 0.1) is 27.0 Å². The van der Waals surface area contributed by atoms with Crippen LogP contribution in [0.4, 0.5) is 19.0 Å². The topological polar surface area (TPSA) is 97.4 Å². The number of nitrogens with zero attached hydrogens (tertiary/aromatic N) is 4. The van der Waals surface area contributed by atoms with Gasteiger partial charge >= 0.3 is 6.18 Å². The van der Waals surface area contributed by atoms with Crippen molar-refractivity contribution < 1.29 is 13.2 Å². The Labute approximate surface area is 223 Å². The van der Waals surface area contributed by atoms with Crippen molar-refractivity contribution in [2.24, 2.45) is 17.8 Å². The zero-order valence-corrected chi connectivity index (χ0v) is 21.7. The molecular formula is C27H31ClF3N7. The van der Waals surface area contributed by atoms with E-state index in [9.17, 15) is 13.2 Å². The summed E-state index contributed by atoms with van der Waals surface area (Å²) < 4.78 is 41.5. The third-order valence-electron chi connectivity index (χ3n) is 8.34. The second kappa shape index (κ2) is 10.0. The number of benzene rings is 1. The molecule has 202 valence electrons. The third-order valence-corrected chi connectivity index (χ3v) is 8.65. The van der Waals surface area contributed by atoms with Gasteiger partial charge in [0.25, 0.3) is 0 Å². The smallest absolute Gasteiger partial charge is 0.383 e.